The van der Waals surface area contributed by atoms with E-state index in [1.807, 2.05) is 37.3 Å². The summed E-state index contributed by atoms with van der Waals surface area (Å²) in [6.07, 6.45) is 4.95. The lowest BCUT2D eigenvalue weighted by Gasteiger charge is -2.16. The molecule has 2 aliphatic heterocycles. The SMILES string of the molecule is Cc1ccccc1C1=C(O)C2=CCCCCN2C1=O. The third kappa shape index (κ3) is 1.86. The Bertz CT molecular complexity index is 599. The van der Waals surface area contributed by atoms with Gasteiger partial charge in [-0.3, -0.25) is 4.79 Å². The second-order valence-corrected chi connectivity index (χ2v) is 5.08. The van der Waals surface area contributed by atoms with Crippen LogP contribution in [0.3, 0.4) is 0 Å². The number of aliphatic hydroxyl groups excluding tert-OH is 1. The van der Waals surface area contributed by atoms with Crippen molar-refractivity contribution in [3.63, 3.8) is 0 Å². The Morgan fingerprint density at radius 1 is 1.21 bits per heavy atom. The zero-order valence-electron chi connectivity index (χ0n) is 11.0. The number of rotatable bonds is 1. The summed E-state index contributed by atoms with van der Waals surface area (Å²) in [4.78, 5) is 14.2. The molecule has 0 fully saturated rings. The molecular weight excluding hydrogens is 238 g/mol. The predicted molar refractivity (Wildman–Crippen MR) is 74.4 cm³/mol. The Labute approximate surface area is 112 Å². The molecule has 1 amide bonds. The molecule has 1 aromatic rings. The van der Waals surface area contributed by atoms with Gasteiger partial charge in [-0.05, 0) is 37.3 Å². The number of amides is 1. The van der Waals surface area contributed by atoms with E-state index in [0.717, 1.165) is 30.4 Å². The molecule has 2 heterocycles. The summed E-state index contributed by atoms with van der Waals surface area (Å²) < 4.78 is 0. The lowest BCUT2D eigenvalue weighted by Crippen LogP contribution is -2.26. The third-order valence-corrected chi connectivity index (χ3v) is 3.82. The summed E-state index contributed by atoms with van der Waals surface area (Å²) in [5, 5.41) is 10.4. The summed E-state index contributed by atoms with van der Waals surface area (Å²) >= 11 is 0. The monoisotopic (exact) mass is 255 g/mol. The Hall–Kier alpha value is -2.03. The van der Waals surface area contributed by atoms with Gasteiger partial charge in [-0.1, -0.05) is 30.3 Å². The molecule has 3 nitrogen and oxygen atoms in total. The van der Waals surface area contributed by atoms with E-state index in [0.29, 0.717) is 17.8 Å². The number of hydrogen-bond acceptors (Lipinski definition) is 2. The minimum atomic E-state index is -0.0695. The summed E-state index contributed by atoms with van der Waals surface area (Å²) in [5.74, 6) is 0.0705. The van der Waals surface area contributed by atoms with Crippen molar-refractivity contribution in [1.82, 2.24) is 4.90 Å². The highest BCUT2D eigenvalue weighted by Gasteiger charge is 2.36. The van der Waals surface area contributed by atoms with Gasteiger partial charge in [0.25, 0.3) is 5.91 Å². The first-order valence-electron chi connectivity index (χ1n) is 6.72. The number of allylic oxidation sites excluding steroid dienone is 1. The number of benzene rings is 1. The smallest absolute Gasteiger partial charge is 0.262 e. The minimum Gasteiger partial charge on any atom is -0.505 e. The van der Waals surface area contributed by atoms with E-state index in [1.165, 1.54) is 0 Å². The number of nitrogens with zero attached hydrogens (tertiary/aromatic N) is 1. The zero-order chi connectivity index (χ0) is 13.4. The van der Waals surface area contributed by atoms with Gasteiger partial charge in [0.1, 0.15) is 0 Å². The topological polar surface area (TPSA) is 40.5 Å². The second-order valence-electron chi connectivity index (χ2n) is 5.08. The molecule has 3 heteroatoms. The minimum absolute atomic E-state index is 0.0695. The van der Waals surface area contributed by atoms with Crippen molar-refractivity contribution < 1.29 is 9.90 Å². The van der Waals surface area contributed by atoms with Gasteiger partial charge in [-0.2, -0.15) is 0 Å². The number of carbonyl (C=O) groups excluding carboxylic acids is 1. The third-order valence-electron chi connectivity index (χ3n) is 3.82. The van der Waals surface area contributed by atoms with Crippen LogP contribution in [-0.4, -0.2) is 22.5 Å². The molecule has 0 unspecified atom stereocenters. The van der Waals surface area contributed by atoms with Gasteiger partial charge >= 0.3 is 0 Å². The van der Waals surface area contributed by atoms with Gasteiger partial charge < -0.3 is 10.0 Å². The fourth-order valence-electron chi connectivity index (χ4n) is 2.78. The van der Waals surface area contributed by atoms with Crippen LogP contribution in [0.2, 0.25) is 0 Å². The average molecular weight is 255 g/mol. The maximum absolute atomic E-state index is 12.5. The molecule has 1 N–H and O–H groups in total. The highest BCUT2D eigenvalue weighted by Crippen LogP contribution is 2.36. The number of fused-ring (bicyclic) bond motifs is 1. The lowest BCUT2D eigenvalue weighted by molar-refractivity contribution is -0.122. The fraction of sp³-hybridized carbons (Fsp3) is 0.312. The molecule has 98 valence electrons. The predicted octanol–water partition coefficient (Wildman–Crippen LogP) is 3.17. The quantitative estimate of drug-likeness (QED) is 0.837. The Morgan fingerprint density at radius 3 is 2.79 bits per heavy atom. The Kier molecular flexibility index (Phi) is 2.90. The molecule has 1 aromatic carbocycles. The van der Waals surface area contributed by atoms with Gasteiger partial charge in [-0.15, -0.1) is 0 Å². The number of carbonyl (C=O) groups is 1. The lowest BCUT2D eigenvalue weighted by atomic mass is 10.00. The Balaban J connectivity index is 2.13. The molecule has 0 saturated carbocycles. The summed E-state index contributed by atoms with van der Waals surface area (Å²) in [6.45, 7) is 2.66. The average Bonchev–Trinajstić information content (AvgIpc) is 2.61. The van der Waals surface area contributed by atoms with Gasteiger partial charge in [0.05, 0.1) is 11.3 Å². The highest BCUT2D eigenvalue weighted by molar-refractivity contribution is 6.24. The molecule has 0 radical (unpaired) electrons. The molecule has 2 aliphatic rings. The van der Waals surface area contributed by atoms with E-state index in [4.69, 9.17) is 0 Å². The molecule has 3 rings (SSSR count). The summed E-state index contributed by atoms with van der Waals surface area (Å²) in [7, 11) is 0. The normalized spacial score (nSPS) is 19.3. The van der Waals surface area contributed by atoms with Crippen molar-refractivity contribution in [2.24, 2.45) is 0 Å². The van der Waals surface area contributed by atoms with Gasteiger partial charge in [0.15, 0.2) is 5.76 Å². The second kappa shape index (κ2) is 4.57. The van der Waals surface area contributed by atoms with E-state index in [1.54, 1.807) is 4.90 Å². The van der Waals surface area contributed by atoms with Gasteiger partial charge in [-0.25, -0.2) is 0 Å². The number of hydrogen-bond donors (Lipinski definition) is 1. The number of aryl methyl sites for hydroxylation is 1. The van der Waals surface area contributed by atoms with Crippen LogP contribution in [0.25, 0.3) is 5.57 Å². The van der Waals surface area contributed by atoms with Crippen LogP contribution in [0.15, 0.2) is 41.8 Å². The van der Waals surface area contributed by atoms with Crippen LogP contribution in [0.1, 0.15) is 30.4 Å². The molecule has 0 spiro atoms. The standard InChI is InChI=1S/C16H17NO2/c1-11-7-4-5-8-12(11)14-15(18)13-9-3-2-6-10-17(13)16(14)19/h4-5,7-9,18H,2-3,6,10H2,1H3. The van der Waals surface area contributed by atoms with E-state index in [2.05, 4.69) is 0 Å². The number of aliphatic hydroxyl groups is 1. The van der Waals surface area contributed by atoms with Crippen molar-refractivity contribution in [3.05, 3.63) is 52.9 Å². The molecule has 0 bridgehead atoms. The Morgan fingerprint density at radius 2 is 2.00 bits per heavy atom. The fourth-order valence-corrected chi connectivity index (χ4v) is 2.78. The van der Waals surface area contributed by atoms with Crippen LogP contribution >= 0.6 is 0 Å². The van der Waals surface area contributed by atoms with Crippen molar-refractivity contribution in [1.29, 1.82) is 0 Å². The van der Waals surface area contributed by atoms with Crippen LogP contribution < -0.4 is 0 Å². The molecule has 19 heavy (non-hydrogen) atoms. The first kappa shape index (κ1) is 12.0. The summed E-state index contributed by atoms with van der Waals surface area (Å²) in [6, 6.07) is 7.69. The van der Waals surface area contributed by atoms with Gasteiger partial charge in [0, 0.05) is 6.54 Å². The van der Waals surface area contributed by atoms with Crippen LogP contribution in [0.4, 0.5) is 0 Å². The van der Waals surface area contributed by atoms with Crippen LogP contribution in [0, 0.1) is 6.92 Å². The first-order chi connectivity index (χ1) is 9.20. The van der Waals surface area contributed by atoms with Crippen molar-refractivity contribution >= 4 is 11.5 Å². The molecule has 0 aromatic heterocycles. The first-order valence-corrected chi connectivity index (χ1v) is 6.72. The molecule has 0 atom stereocenters. The molecule has 0 aliphatic carbocycles. The largest absolute Gasteiger partial charge is 0.505 e. The maximum Gasteiger partial charge on any atom is 0.262 e. The van der Waals surface area contributed by atoms with E-state index in [9.17, 15) is 9.90 Å². The highest BCUT2D eigenvalue weighted by atomic mass is 16.3. The summed E-state index contributed by atoms with van der Waals surface area (Å²) in [5.41, 5.74) is 2.99. The zero-order valence-corrected chi connectivity index (χ0v) is 11.0. The van der Waals surface area contributed by atoms with Gasteiger partial charge in [0.2, 0.25) is 0 Å². The van der Waals surface area contributed by atoms with Crippen molar-refractivity contribution in [2.75, 3.05) is 6.54 Å². The molecule has 0 saturated heterocycles. The van der Waals surface area contributed by atoms with E-state index in [-0.39, 0.29) is 11.7 Å². The van der Waals surface area contributed by atoms with Crippen molar-refractivity contribution in [3.8, 4) is 0 Å². The maximum atomic E-state index is 12.5. The van der Waals surface area contributed by atoms with Crippen molar-refractivity contribution in [2.45, 2.75) is 26.2 Å². The van der Waals surface area contributed by atoms with E-state index < -0.39 is 0 Å². The molecular formula is C16H17NO2. The van der Waals surface area contributed by atoms with Crippen LogP contribution in [-0.2, 0) is 4.79 Å². The van der Waals surface area contributed by atoms with Crippen LogP contribution in [0.5, 0.6) is 0 Å². The van der Waals surface area contributed by atoms with E-state index >= 15 is 0 Å².